The van der Waals surface area contributed by atoms with E-state index in [4.69, 9.17) is 9.72 Å². The first-order valence-electron chi connectivity index (χ1n) is 10.3. The molecule has 1 N–H and O–H groups in total. The Hall–Kier alpha value is -2.93. The fourth-order valence-electron chi connectivity index (χ4n) is 4.25. The zero-order valence-electron chi connectivity index (χ0n) is 16.9. The lowest BCUT2D eigenvalue weighted by atomic mass is 9.99. The number of rotatable bonds is 3. The van der Waals surface area contributed by atoms with Crippen molar-refractivity contribution in [1.29, 1.82) is 0 Å². The molecule has 7 heteroatoms. The molecule has 0 saturated carbocycles. The van der Waals surface area contributed by atoms with Crippen LogP contribution in [-0.4, -0.2) is 34.4 Å². The van der Waals surface area contributed by atoms with Gasteiger partial charge in [0.15, 0.2) is 0 Å². The zero-order valence-corrected chi connectivity index (χ0v) is 17.7. The molecule has 0 bridgehead atoms. The minimum atomic E-state index is -0.121. The van der Waals surface area contributed by atoms with E-state index in [-0.39, 0.29) is 11.5 Å². The Morgan fingerprint density at radius 3 is 2.73 bits per heavy atom. The van der Waals surface area contributed by atoms with Crippen molar-refractivity contribution < 1.29 is 9.53 Å². The summed E-state index contributed by atoms with van der Waals surface area (Å²) in [5.41, 5.74) is 3.39. The van der Waals surface area contributed by atoms with Gasteiger partial charge in [0.1, 0.15) is 11.6 Å². The first-order chi connectivity index (χ1) is 14.6. The Morgan fingerprint density at radius 1 is 1.17 bits per heavy atom. The first kappa shape index (κ1) is 19.1. The molecule has 2 aliphatic rings. The number of hydrogen-bond donors (Lipinski definition) is 1. The third kappa shape index (κ3) is 3.43. The average molecular weight is 422 g/mol. The van der Waals surface area contributed by atoms with E-state index in [1.54, 1.807) is 18.4 Å². The summed E-state index contributed by atoms with van der Waals surface area (Å²) in [6.45, 7) is 0.908. The molecule has 0 unspecified atom stereocenters. The van der Waals surface area contributed by atoms with Gasteiger partial charge in [0.25, 0.3) is 11.5 Å². The normalized spacial score (nSPS) is 15.4. The summed E-state index contributed by atoms with van der Waals surface area (Å²) in [7, 11) is 1.61. The fraction of sp³-hybridized carbons (Fsp3) is 0.348. The minimum Gasteiger partial charge on any atom is -0.497 e. The highest BCUT2D eigenvalue weighted by Gasteiger charge is 2.27. The molecule has 3 aromatic rings. The number of nitrogens with zero attached hydrogens (tertiary/aromatic N) is 2. The molecule has 6 nitrogen and oxygen atoms in total. The Bertz CT molecular complexity index is 1140. The van der Waals surface area contributed by atoms with Crippen LogP contribution in [0.15, 0.2) is 35.1 Å². The largest absolute Gasteiger partial charge is 0.497 e. The number of H-pyrrole nitrogens is 1. The highest BCUT2D eigenvalue weighted by atomic mass is 32.1. The molecule has 1 aliphatic heterocycles. The van der Waals surface area contributed by atoms with E-state index in [9.17, 15) is 9.59 Å². The number of ether oxygens (including phenoxy) is 1. The third-order valence-corrected chi connectivity index (χ3v) is 7.16. The summed E-state index contributed by atoms with van der Waals surface area (Å²) in [4.78, 5) is 37.4. The predicted octanol–water partition coefficient (Wildman–Crippen LogP) is 3.58. The number of aromatic nitrogens is 2. The summed E-state index contributed by atoms with van der Waals surface area (Å²) < 4.78 is 5.20. The molecular formula is C23H23N3O3S. The van der Waals surface area contributed by atoms with Gasteiger partial charge in [-0.2, -0.15) is 0 Å². The highest BCUT2D eigenvalue weighted by Crippen LogP contribution is 2.31. The third-order valence-electron chi connectivity index (χ3n) is 5.93. The van der Waals surface area contributed by atoms with E-state index >= 15 is 0 Å². The van der Waals surface area contributed by atoms with E-state index in [1.807, 2.05) is 29.2 Å². The van der Waals surface area contributed by atoms with Crippen LogP contribution >= 0.6 is 11.3 Å². The lowest BCUT2D eigenvalue weighted by Crippen LogP contribution is -2.39. The van der Waals surface area contributed by atoms with E-state index in [1.165, 1.54) is 23.3 Å². The highest BCUT2D eigenvalue weighted by molar-refractivity contribution is 7.14. The van der Waals surface area contributed by atoms with Crippen molar-refractivity contribution in [3.8, 4) is 17.1 Å². The number of fused-ring (bicyclic) bond motifs is 2. The molecule has 3 heterocycles. The van der Waals surface area contributed by atoms with Crippen LogP contribution in [0.1, 0.15) is 44.2 Å². The minimum absolute atomic E-state index is 0.0492. The molecule has 0 radical (unpaired) electrons. The van der Waals surface area contributed by atoms with Crippen LogP contribution in [0.2, 0.25) is 0 Å². The summed E-state index contributed by atoms with van der Waals surface area (Å²) >= 11 is 1.63. The van der Waals surface area contributed by atoms with Gasteiger partial charge in [-0.05, 0) is 68.0 Å². The van der Waals surface area contributed by atoms with E-state index in [0.717, 1.165) is 29.0 Å². The van der Waals surface area contributed by atoms with Crippen molar-refractivity contribution in [3.05, 3.63) is 67.3 Å². The number of carbonyl (C=O) groups is 1. The molecular weight excluding hydrogens is 398 g/mol. The van der Waals surface area contributed by atoms with Crippen LogP contribution in [-0.2, 0) is 25.8 Å². The Morgan fingerprint density at radius 2 is 1.97 bits per heavy atom. The van der Waals surface area contributed by atoms with Gasteiger partial charge < -0.3 is 14.6 Å². The molecule has 0 fully saturated rings. The van der Waals surface area contributed by atoms with Crippen LogP contribution in [0.5, 0.6) is 5.75 Å². The first-order valence-corrected chi connectivity index (χ1v) is 11.1. The summed E-state index contributed by atoms with van der Waals surface area (Å²) in [5.74, 6) is 1.31. The predicted molar refractivity (Wildman–Crippen MR) is 116 cm³/mol. The van der Waals surface area contributed by atoms with Crippen molar-refractivity contribution >= 4 is 17.2 Å². The van der Waals surface area contributed by atoms with Crippen LogP contribution in [0, 0.1) is 0 Å². The number of carbonyl (C=O) groups excluding carboxylic acids is 1. The number of nitrogens with one attached hydrogen (secondary N) is 1. The van der Waals surface area contributed by atoms with Crippen LogP contribution in [0.4, 0.5) is 0 Å². The molecule has 1 aliphatic carbocycles. The lowest BCUT2D eigenvalue weighted by molar-refractivity contribution is 0.0736. The summed E-state index contributed by atoms with van der Waals surface area (Å²) in [5, 5.41) is 0. The number of aryl methyl sites for hydroxylation is 2. The van der Waals surface area contributed by atoms with Gasteiger partial charge in [0.05, 0.1) is 24.2 Å². The van der Waals surface area contributed by atoms with Gasteiger partial charge in [-0.25, -0.2) is 4.98 Å². The SMILES string of the molecule is COc1ccc(-c2nc3c(c(=O)[nH]2)CCN(C(=O)c2cc4c(s2)CCCC4)C3)cc1. The van der Waals surface area contributed by atoms with Crippen molar-refractivity contribution in [2.24, 2.45) is 0 Å². The molecule has 0 atom stereocenters. The monoisotopic (exact) mass is 421 g/mol. The van der Waals surface area contributed by atoms with Gasteiger partial charge in [0, 0.05) is 22.5 Å². The molecule has 1 amide bonds. The number of thiophene rings is 1. The number of amides is 1. The van der Waals surface area contributed by atoms with Crippen molar-refractivity contribution in [2.75, 3.05) is 13.7 Å². The fourth-order valence-corrected chi connectivity index (χ4v) is 5.47. The van der Waals surface area contributed by atoms with Gasteiger partial charge in [-0.3, -0.25) is 9.59 Å². The molecule has 154 valence electrons. The van der Waals surface area contributed by atoms with Crippen molar-refractivity contribution in [1.82, 2.24) is 14.9 Å². The Kier molecular flexibility index (Phi) is 4.90. The second-order valence-electron chi connectivity index (χ2n) is 7.81. The van der Waals surface area contributed by atoms with E-state index in [0.29, 0.717) is 36.6 Å². The maximum absolute atomic E-state index is 13.1. The Balaban J connectivity index is 1.42. The van der Waals surface area contributed by atoms with Crippen LogP contribution in [0.3, 0.4) is 0 Å². The average Bonchev–Trinajstić information content (AvgIpc) is 3.22. The Labute approximate surface area is 178 Å². The van der Waals surface area contributed by atoms with E-state index < -0.39 is 0 Å². The van der Waals surface area contributed by atoms with Gasteiger partial charge in [-0.15, -0.1) is 11.3 Å². The lowest BCUT2D eigenvalue weighted by Gasteiger charge is -2.27. The van der Waals surface area contributed by atoms with E-state index in [2.05, 4.69) is 11.1 Å². The molecule has 2 aromatic heterocycles. The number of methoxy groups -OCH3 is 1. The molecule has 0 spiro atoms. The van der Waals surface area contributed by atoms with Crippen molar-refractivity contribution in [2.45, 2.75) is 38.6 Å². The molecule has 1 aromatic carbocycles. The molecule has 0 saturated heterocycles. The quantitative estimate of drug-likeness (QED) is 0.701. The topological polar surface area (TPSA) is 75.3 Å². The van der Waals surface area contributed by atoms with Crippen molar-refractivity contribution in [3.63, 3.8) is 0 Å². The van der Waals surface area contributed by atoms with Gasteiger partial charge >= 0.3 is 0 Å². The maximum atomic E-state index is 13.1. The molecule has 5 rings (SSSR count). The number of hydrogen-bond acceptors (Lipinski definition) is 5. The summed E-state index contributed by atoms with van der Waals surface area (Å²) in [6, 6.07) is 9.48. The number of benzene rings is 1. The van der Waals surface area contributed by atoms with Crippen LogP contribution in [0.25, 0.3) is 11.4 Å². The van der Waals surface area contributed by atoms with Gasteiger partial charge in [-0.1, -0.05) is 0 Å². The second kappa shape index (κ2) is 7.72. The van der Waals surface area contributed by atoms with Crippen LogP contribution < -0.4 is 10.3 Å². The zero-order chi connectivity index (χ0) is 20.7. The maximum Gasteiger partial charge on any atom is 0.264 e. The molecule has 30 heavy (non-hydrogen) atoms. The van der Waals surface area contributed by atoms with Gasteiger partial charge in [0.2, 0.25) is 0 Å². The second-order valence-corrected chi connectivity index (χ2v) is 8.95. The summed E-state index contributed by atoms with van der Waals surface area (Å²) in [6.07, 6.45) is 5.09. The number of aromatic amines is 1. The smallest absolute Gasteiger partial charge is 0.264 e. The standard InChI is InChI=1S/C23H23N3O3S/c1-29-16-8-6-14(7-9-16)21-24-18-13-26(11-10-17(18)22(27)25-21)23(28)20-12-15-4-2-3-5-19(15)30-20/h6-9,12H,2-5,10-11,13H2,1H3,(H,24,25,27).